The van der Waals surface area contributed by atoms with Crippen LogP contribution in [0, 0.1) is 0 Å². The normalized spacial score (nSPS) is 11.7. The van der Waals surface area contributed by atoms with Crippen molar-refractivity contribution < 1.29 is 13.3 Å². The molecule has 13 nitrogen and oxygen atoms in total. The van der Waals surface area contributed by atoms with E-state index in [1.807, 2.05) is 170 Å². The SMILES string of the molecule is c1ccc(-c2ccc(-c3nc(-c4ccc5c(c4)c4cccc6c7ccccc7oc7ccccc7n5c64)nc4ccccc34)cc2)cc1.c1ccc(-c2nc(-c3ccccc3)nc(-c3ccc(-c4ccc5c(c4)c4cccc6c7ccccc7oc7ccccc7n5c64)cc3)n2)cc1.c1ccc(-c2nc3ccccc3nc2-c2cccc3c2oc2ccccc2n2c4ccccc4c4cccc3c42)cc1. The van der Waals surface area contributed by atoms with E-state index in [2.05, 4.69) is 317 Å². The summed E-state index contributed by atoms with van der Waals surface area (Å²) in [7, 11) is 0. The molecule has 0 atom stereocenters. The standard InChI is InChI=1S/C45H28N4O.C44H27N3O.C38H23N3O/c1-3-12-30(13-4-1)43-46-44(31-14-5-2-6-15-31)48-45(47-43)32-24-22-29(23-25-32)33-26-27-38-37(28-33)36-18-11-17-35-34-16-7-9-20-40(34)50-41-21-10-8-19-39(41)49(38)42(35)36;1-2-11-28(12-3-1)29-21-23-30(24-22-29)42-35-14-4-6-17-37(35)45-44(46-42)31-25-26-38-36(27-31)34-16-10-15-33-32-13-5-8-19-40(32)48-41-20-9-7-18-39(41)47(38)43(33)34;1-2-12-24(13-3-1)35-36(40-31-20-6-5-19-30(31)39-35)29-18-11-17-28-27-16-10-15-26-25-14-4-7-21-32(25)41(37(26)27)33-22-8-9-23-34(33)42-38(28)29/h1-28H;1-27H;1-23H. The fourth-order valence-corrected chi connectivity index (χ4v) is 20.6. The second-order valence-corrected chi connectivity index (χ2v) is 35.2. The maximum atomic E-state index is 6.99. The summed E-state index contributed by atoms with van der Waals surface area (Å²) in [6.07, 6.45) is 0. The second kappa shape index (κ2) is 33.5. The maximum absolute atomic E-state index is 6.99. The number of benzene rings is 20. The number of fused-ring (bicyclic) bond motifs is 23. The molecule has 0 aliphatic carbocycles. The van der Waals surface area contributed by atoms with Crippen molar-refractivity contribution >= 4 is 170 Å². The highest BCUT2D eigenvalue weighted by molar-refractivity contribution is 6.24. The Balaban J connectivity index is 0.000000106. The summed E-state index contributed by atoms with van der Waals surface area (Å²) in [5.41, 5.74) is 31.4. The molecule has 0 aliphatic rings. The van der Waals surface area contributed by atoms with Gasteiger partial charge < -0.3 is 26.5 Å². The molecule has 9 heterocycles. The summed E-state index contributed by atoms with van der Waals surface area (Å²) in [6.45, 7) is 0. The van der Waals surface area contributed by atoms with E-state index < -0.39 is 0 Å². The Morgan fingerprint density at radius 1 is 0.150 bits per heavy atom. The predicted octanol–water partition coefficient (Wildman–Crippen LogP) is 33.2. The van der Waals surface area contributed by atoms with Gasteiger partial charge in [-0.25, -0.2) is 34.9 Å². The third-order valence-corrected chi connectivity index (χ3v) is 27.1. The quantitative estimate of drug-likeness (QED) is 0.137. The molecule has 0 radical (unpaired) electrons. The van der Waals surface area contributed by atoms with Crippen LogP contribution in [-0.4, -0.2) is 48.1 Å². The average Bonchev–Trinajstić information content (AvgIpc) is 1.56. The van der Waals surface area contributed by atoms with E-state index in [1.165, 1.54) is 49.1 Å². The van der Waals surface area contributed by atoms with Crippen LogP contribution in [-0.2, 0) is 0 Å². The molecule has 0 N–H and O–H groups in total. The molecule has 0 amide bonds. The van der Waals surface area contributed by atoms with E-state index >= 15 is 0 Å². The molecule has 0 bridgehead atoms. The first kappa shape index (κ1) is 80.5. The average molecular weight is 1790 g/mol. The van der Waals surface area contributed by atoms with E-state index in [9.17, 15) is 0 Å². The molecule has 29 rings (SSSR count). The Hall–Kier alpha value is -19.1. The number of nitrogens with zero attached hydrogens (tertiary/aromatic N) is 10. The van der Waals surface area contributed by atoms with Crippen LogP contribution < -0.4 is 0 Å². The Labute approximate surface area is 800 Å². The maximum Gasteiger partial charge on any atom is 0.164 e. The Bertz CT molecular complexity index is 10100. The van der Waals surface area contributed by atoms with Gasteiger partial charge in [0.25, 0.3) is 0 Å². The van der Waals surface area contributed by atoms with Gasteiger partial charge >= 0.3 is 0 Å². The van der Waals surface area contributed by atoms with Crippen molar-refractivity contribution in [2.24, 2.45) is 0 Å². The monoisotopic (exact) mass is 1790 g/mol. The van der Waals surface area contributed by atoms with Crippen LogP contribution in [0.1, 0.15) is 0 Å². The first-order valence-corrected chi connectivity index (χ1v) is 47.0. The van der Waals surface area contributed by atoms with Crippen molar-refractivity contribution in [2.45, 2.75) is 0 Å². The van der Waals surface area contributed by atoms with E-state index in [-0.39, 0.29) is 0 Å². The van der Waals surface area contributed by atoms with Gasteiger partial charge in [-0.05, 0) is 131 Å². The molecular weight excluding hydrogens is 1710 g/mol. The van der Waals surface area contributed by atoms with Crippen LogP contribution in [0.25, 0.3) is 271 Å². The molecule has 0 unspecified atom stereocenters. The van der Waals surface area contributed by atoms with Gasteiger partial charge in [0.2, 0.25) is 0 Å². The lowest BCUT2D eigenvalue weighted by Gasteiger charge is -2.13. The molecule has 0 aliphatic heterocycles. The molecular formula is C127H78N10O3. The van der Waals surface area contributed by atoms with Gasteiger partial charge in [0, 0.05) is 109 Å². The van der Waals surface area contributed by atoms with Gasteiger partial charge in [-0.3, -0.25) is 0 Å². The summed E-state index contributed by atoms with van der Waals surface area (Å²) in [4.78, 5) is 35.4. The molecule has 0 spiro atoms. The zero-order valence-electron chi connectivity index (χ0n) is 75.2. The van der Waals surface area contributed by atoms with Crippen LogP contribution in [0.4, 0.5) is 0 Å². The first-order valence-electron chi connectivity index (χ1n) is 47.0. The number of hydrogen-bond acceptors (Lipinski definition) is 10. The molecule has 0 saturated heterocycles. The van der Waals surface area contributed by atoms with Gasteiger partial charge in [0.15, 0.2) is 40.0 Å². The van der Waals surface area contributed by atoms with Gasteiger partial charge in [0.05, 0.1) is 77.6 Å². The molecule has 9 aromatic heterocycles. The third-order valence-electron chi connectivity index (χ3n) is 27.1. The zero-order chi connectivity index (χ0) is 92.2. The molecule has 29 aromatic rings. The zero-order valence-corrected chi connectivity index (χ0v) is 75.2. The molecule has 13 heteroatoms. The largest absolute Gasteiger partial charge is 0.455 e. The van der Waals surface area contributed by atoms with Crippen molar-refractivity contribution in [3.05, 3.63) is 473 Å². The lowest BCUT2D eigenvalue weighted by atomic mass is 10.00. The molecule has 140 heavy (non-hydrogen) atoms. The molecule has 654 valence electrons. The predicted molar refractivity (Wildman–Crippen MR) is 574 cm³/mol. The highest BCUT2D eigenvalue weighted by Crippen LogP contribution is 2.46. The number of hydrogen-bond donors (Lipinski definition) is 0. The van der Waals surface area contributed by atoms with Crippen molar-refractivity contribution in [1.29, 1.82) is 0 Å². The van der Waals surface area contributed by atoms with Gasteiger partial charge in [-0.15, -0.1) is 0 Å². The highest BCUT2D eigenvalue weighted by Gasteiger charge is 2.25. The Morgan fingerprint density at radius 3 is 0.979 bits per heavy atom. The highest BCUT2D eigenvalue weighted by atomic mass is 16.3. The van der Waals surface area contributed by atoms with E-state index in [0.717, 1.165) is 199 Å². The van der Waals surface area contributed by atoms with E-state index in [1.54, 1.807) is 0 Å². The topological polar surface area (TPSA) is 143 Å². The van der Waals surface area contributed by atoms with Gasteiger partial charge in [0.1, 0.15) is 22.4 Å². The molecule has 0 saturated carbocycles. The van der Waals surface area contributed by atoms with Crippen LogP contribution in [0.2, 0.25) is 0 Å². The van der Waals surface area contributed by atoms with Crippen LogP contribution in [0.15, 0.2) is 486 Å². The van der Waals surface area contributed by atoms with Crippen molar-refractivity contribution in [3.8, 4) is 102 Å². The summed E-state index contributed by atoms with van der Waals surface area (Å²) in [5.74, 6) is 2.65. The Morgan fingerprint density at radius 2 is 0.457 bits per heavy atom. The molecule has 20 aromatic carbocycles. The Kier molecular flexibility index (Phi) is 19.3. The summed E-state index contributed by atoms with van der Waals surface area (Å²) < 4.78 is 27.2. The fourth-order valence-electron chi connectivity index (χ4n) is 20.6. The lowest BCUT2D eigenvalue weighted by molar-refractivity contribution is 0.661. The summed E-state index contributed by atoms with van der Waals surface area (Å²) in [6, 6.07) is 164. The van der Waals surface area contributed by atoms with Crippen LogP contribution >= 0.6 is 0 Å². The summed E-state index contributed by atoms with van der Waals surface area (Å²) in [5, 5.41) is 14.7. The minimum absolute atomic E-state index is 0.641. The minimum Gasteiger partial charge on any atom is -0.455 e. The van der Waals surface area contributed by atoms with Crippen molar-refractivity contribution in [2.75, 3.05) is 0 Å². The number of para-hydroxylation sites is 16. The number of aromatic nitrogens is 10. The fraction of sp³-hybridized carbons (Fsp3) is 0. The first-order chi connectivity index (χ1) is 69.4. The van der Waals surface area contributed by atoms with Crippen molar-refractivity contribution in [1.82, 2.24) is 48.1 Å². The summed E-state index contributed by atoms with van der Waals surface area (Å²) >= 11 is 0. The van der Waals surface area contributed by atoms with Gasteiger partial charge in [-0.2, -0.15) is 0 Å². The van der Waals surface area contributed by atoms with E-state index in [4.69, 9.17) is 48.1 Å². The van der Waals surface area contributed by atoms with Crippen LogP contribution in [0.3, 0.4) is 0 Å². The van der Waals surface area contributed by atoms with E-state index in [0.29, 0.717) is 23.3 Å². The minimum atomic E-state index is 0.641. The smallest absolute Gasteiger partial charge is 0.164 e. The number of rotatable bonds is 9. The third kappa shape index (κ3) is 13.7. The van der Waals surface area contributed by atoms with Crippen molar-refractivity contribution in [3.63, 3.8) is 0 Å². The molecule has 0 fully saturated rings. The van der Waals surface area contributed by atoms with Crippen LogP contribution in [0.5, 0.6) is 0 Å². The lowest BCUT2D eigenvalue weighted by Crippen LogP contribution is -2.00. The van der Waals surface area contributed by atoms with Gasteiger partial charge in [-0.1, -0.05) is 364 Å². The second-order valence-electron chi connectivity index (χ2n) is 35.2.